The van der Waals surface area contributed by atoms with Crippen molar-refractivity contribution >= 4 is 32.3 Å². The van der Waals surface area contributed by atoms with Crippen LogP contribution < -0.4 is 0 Å². The van der Waals surface area contributed by atoms with Crippen molar-refractivity contribution in [2.75, 3.05) is 0 Å². The third-order valence-corrected chi connectivity index (χ3v) is 6.62. The third kappa shape index (κ3) is 2.95. The molecule has 0 saturated carbocycles. The lowest BCUT2D eigenvalue weighted by Gasteiger charge is -2.34. The summed E-state index contributed by atoms with van der Waals surface area (Å²) in [5, 5.41) is 5.99. The van der Waals surface area contributed by atoms with Crippen LogP contribution in [0.25, 0.3) is 32.3 Å². The van der Waals surface area contributed by atoms with Crippen LogP contribution >= 0.6 is 0 Å². The van der Waals surface area contributed by atoms with Crippen molar-refractivity contribution in [1.29, 1.82) is 0 Å². The number of hydrogen-bond acceptors (Lipinski definition) is 1. The molecular formula is C31H21FO. The van der Waals surface area contributed by atoms with Crippen LogP contribution in [0.15, 0.2) is 127 Å². The highest BCUT2D eigenvalue weighted by Crippen LogP contribution is 2.48. The normalized spacial score (nSPS) is 11.9. The summed E-state index contributed by atoms with van der Waals surface area (Å²) in [7, 11) is 0. The first-order valence-electron chi connectivity index (χ1n) is 11.1. The van der Waals surface area contributed by atoms with Gasteiger partial charge in [0.2, 0.25) is 0 Å². The fourth-order valence-electron chi connectivity index (χ4n) is 5.16. The smallest absolute Gasteiger partial charge is 0.173 e. The van der Waals surface area contributed by atoms with E-state index in [1.807, 2.05) is 127 Å². The van der Waals surface area contributed by atoms with Crippen LogP contribution in [0.4, 0.5) is 4.53 Å². The lowest BCUT2D eigenvalue weighted by Crippen LogP contribution is -2.31. The zero-order valence-corrected chi connectivity index (χ0v) is 17.9. The topological polar surface area (TPSA) is 9.23 Å². The molecule has 0 heterocycles. The Bertz CT molecular complexity index is 1410. The molecule has 158 valence electrons. The van der Waals surface area contributed by atoms with Crippen LogP contribution in [-0.4, -0.2) is 0 Å². The summed E-state index contributed by atoms with van der Waals surface area (Å²) in [6, 6.07) is 42.2. The van der Waals surface area contributed by atoms with Crippen molar-refractivity contribution in [2.24, 2.45) is 0 Å². The van der Waals surface area contributed by atoms with E-state index >= 15 is 4.53 Å². The first-order valence-corrected chi connectivity index (χ1v) is 11.1. The summed E-state index contributed by atoms with van der Waals surface area (Å²) >= 11 is 0. The molecule has 0 amide bonds. The Balaban J connectivity index is 1.84. The summed E-state index contributed by atoms with van der Waals surface area (Å²) in [4.78, 5) is 5.22. The van der Waals surface area contributed by atoms with Crippen molar-refractivity contribution in [3.05, 3.63) is 144 Å². The quantitative estimate of drug-likeness (QED) is 0.256. The summed E-state index contributed by atoms with van der Waals surface area (Å²) in [5.74, 6) is 0. The fourth-order valence-corrected chi connectivity index (χ4v) is 5.16. The minimum Gasteiger partial charge on any atom is -0.173 e. The van der Waals surface area contributed by atoms with Gasteiger partial charge in [0, 0.05) is 16.7 Å². The molecule has 0 N–H and O–H groups in total. The van der Waals surface area contributed by atoms with Gasteiger partial charge < -0.3 is 0 Å². The first kappa shape index (κ1) is 19.7. The maximum atomic E-state index is 15.5. The number of halogens is 1. The Morgan fingerprint density at radius 1 is 0.394 bits per heavy atom. The number of rotatable bonds is 4. The molecule has 0 aliphatic heterocycles. The molecule has 0 aliphatic carbocycles. The monoisotopic (exact) mass is 428 g/mol. The zero-order valence-electron chi connectivity index (χ0n) is 17.9. The lowest BCUT2D eigenvalue weighted by atomic mass is 9.75. The lowest BCUT2D eigenvalue weighted by molar-refractivity contribution is -0.205. The van der Waals surface area contributed by atoms with Gasteiger partial charge in [-0.1, -0.05) is 127 Å². The van der Waals surface area contributed by atoms with E-state index in [0.717, 1.165) is 49.0 Å². The van der Waals surface area contributed by atoms with Crippen LogP contribution in [0.5, 0.6) is 0 Å². The molecule has 0 aliphatic rings. The van der Waals surface area contributed by atoms with Gasteiger partial charge in [-0.05, 0) is 36.8 Å². The van der Waals surface area contributed by atoms with Gasteiger partial charge in [-0.25, -0.2) is 0 Å². The van der Waals surface area contributed by atoms with Crippen LogP contribution in [0, 0.1) is 0 Å². The van der Waals surface area contributed by atoms with E-state index in [1.54, 1.807) is 0 Å². The minimum atomic E-state index is -1.46. The van der Waals surface area contributed by atoms with E-state index in [2.05, 4.69) is 0 Å². The predicted octanol–water partition coefficient (Wildman–Crippen LogP) is 8.34. The van der Waals surface area contributed by atoms with Gasteiger partial charge in [0.25, 0.3) is 0 Å². The molecule has 0 spiro atoms. The molecule has 6 aromatic carbocycles. The molecule has 0 aromatic heterocycles. The van der Waals surface area contributed by atoms with E-state index in [0.29, 0.717) is 0 Å². The Hall–Kier alpha value is -4.01. The van der Waals surface area contributed by atoms with Crippen LogP contribution in [0.3, 0.4) is 0 Å². The van der Waals surface area contributed by atoms with Crippen molar-refractivity contribution in [2.45, 2.75) is 5.60 Å². The Labute approximate surface area is 191 Å². The van der Waals surface area contributed by atoms with E-state index in [4.69, 9.17) is 4.94 Å². The molecular weight excluding hydrogens is 407 g/mol. The predicted molar refractivity (Wildman–Crippen MR) is 134 cm³/mol. The summed E-state index contributed by atoms with van der Waals surface area (Å²) < 4.78 is 15.5. The van der Waals surface area contributed by atoms with Crippen molar-refractivity contribution in [3.8, 4) is 0 Å². The maximum Gasteiger partial charge on any atom is 0.186 e. The molecule has 33 heavy (non-hydrogen) atoms. The van der Waals surface area contributed by atoms with Gasteiger partial charge in [-0.2, -0.15) is 4.94 Å². The highest BCUT2D eigenvalue weighted by molar-refractivity contribution is 5.95. The van der Waals surface area contributed by atoms with Gasteiger partial charge >= 0.3 is 0 Å². The second-order valence-corrected chi connectivity index (χ2v) is 8.34. The Morgan fingerprint density at radius 2 is 0.697 bits per heavy atom. The third-order valence-electron chi connectivity index (χ3n) is 6.62. The van der Waals surface area contributed by atoms with Gasteiger partial charge in [0.1, 0.15) is 0 Å². The first-order chi connectivity index (χ1) is 16.3. The van der Waals surface area contributed by atoms with Crippen LogP contribution in [0.1, 0.15) is 16.7 Å². The van der Waals surface area contributed by atoms with Crippen molar-refractivity contribution in [1.82, 2.24) is 0 Å². The maximum absolute atomic E-state index is 15.5. The summed E-state index contributed by atoms with van der Waals surface area (Å²) in [6.45, 7) is 0. The van der Waals surface area contributed by atoms with Crippen molar-refractivity contribution in [3.63, 3.8) is 0 Å². The van der Waals surface area contributed by atoms with Crippen molar-refractivity contribution < 1.29 is 9.47 Å². The van der Waals surface area contributed by atoms with Gasteiger partial charge in [0.15, 0.2) is 5.60 Å². The number of hydrogen-bond donors (Lipinski definition) is 0. The fraction of sp³-hybridized carbons (Fsp3) is 0.0323. The Kier molecular flexibility index (Phi) is 4.67. The van der Waals surface area contributed by atoms with Crippen LogP contribution in [0.2, 0.25) is 0 Å². The SMILES string of the molecule is FOC(c1cccc2ccccc12)(c1cccc2ccccc12)c1cccc2ccccc12. The standard InChI is InChI=1S/C31H21FO/c32-33-31(28-19-7-13-22-10-1-4-16-25(22)28,29-20-8-14-23-11-2-5-17-26(23)29)30-21-9-15-24-12-3-6-18-27(24)30/h1-21H. The minimum absolute atomic E-state index is 0.774. The zero-order chi connectivity index (χ0) is 22.3. The molecule has 0 fully saturated rings. The molecule has 0 bridgehead atoms. The van der Waals surface area contributed by atoms with Gasteiger partial charge in [-0.15, -0.1) is 0 Å². The number of fused-ring (bicyclic) bond motifs is 3. The second-order valence-electron chi connectivity index (χ2n) is 8.34. The molecule has 0 atom stereocenters. The van der Waals surface area contributed by atoms with E-state index in [9.17, 15) is 0 Å². The summed E-state index contributed by atoms with van der Waals surface area (Å²) in [6.07, 6.45) is 0. The molecule has 6 rings (SSSR count). The highest BCUT2D eigenvalue weighted by atomic mass is 19.3. The van der Waals surface area contributed by atoms with Crippen LogP contribution in [-0.2, 0) is 10.5 Å². The number of benzene rings is 6. The van der Waals surface area contributed by atoms with E-state index < -0.39 is 5.60 Å². The Morgan fingerprint density at radius 3 is 1.03 bits per heavy atom. The van der Waals surface area contributed by atoms with E-state index in [-0.39, 0.29) is 0 Å². The van der Waals surface area contributed by atoms with Gasteiger partial charge in [0.05, 0.1) is 0 Å². The average Bonchev–Trinajstić information content (AvgIpc) is 2.90. The molecule has 6 aromatic rings. The van der Waals surface area contributed by atoms with Gasteiger partial charge in [-0.3, -0.25) is 0 Å². The van der Waals surface area contributed by atoms with E-state index in [1.165, 1.54) is 0 Å². The molecule has 0 unspecified atom stereocenters. The molecule has 2 heteroatoms. The second kappa shape index (κ2) is 7.84. The highest BCUT2D eigenvalue weighted by Gasteiger charge is 2.42. The molecule has 0 saturated heterocycles. The molecule has 1 nitrogen and oxygen atoms in total. The summed E-state index contributed by atoms with van der Waals surface area (Å²) in [5.41, 5.74) is 0.866. The largest absolute Gasteiger partial charge is 0.186 e. The molecule has 0 radical (unpaired) electrons. The average molecular weight is 429 g/mol.